The summed E-state index contributed by atoms with van der Waals surface area (Å²) in [5.74, 6) is 1.09. The molecule has 1 aliphatic heterocycles. The maximum atomic E-state index is 13.0. The van der Waals surface area contributed by atoms with E-state index in [-0.39, 0.29) is 18.0 Å². The van der Waals surface area contributed by atoms with Crippen molar-refractivity contribution in [1.29, 1.82) is 0 Å². The second kappa shape index (κ2) is 8.92. The molecule has 0 aliphatic carbocycles. The van der Waals surface area contributed by atoms with Crippen LogP contribution in [0.4, 0.5) is 11.5 Å². The first-order valence-corrected chi connectivity index (χ1v) is 11.5. The number of aromatic nitrogens is 2. The number of fused-ring (bicyclic) bond motifs is 1. The molecule has 0 radical (unpaired) electrons. The zero-order valence-electron chi connectivity index (χ0n) is 17.3. The lowest BCUT2D eigenvalue weighted by atomic mass is 10.00. The molecule has 7 heteroatoms. The van der Waals surface area contributed by atoms with Crippen LogP contribution >= 0.6 is 11.8 Å². The van der Waals surface area contributed by atoms with Crippen molar-refractivity contribution in [2.75, 3.05) is 29.6 Å². The van der Waals surface area contributed by atoms with E-state index in [0.29, 0.717) is 17.0 Å². The summed E-state index contributed by atoms with van der Waals surface area (Å²) in [7, 11) is 0. The fraction of sp³-hybridized carbons (Fsp3) is 0.348. The van der Waals surface area contributed by atoms with Gasteiger partial charge in [-0.15, -0.1) is 11.8 Å². The number of amides is 1. The van der Waals surface area contributed by atoms with Crippen LogP contribution in [0.2, 0.25) is 0 Å². The number of thioether (sulfide) groups is 1. The molecule has 2 heterocycles. The molecule has 156 valence electrons. The summed E-state index contributed by atoms with van der Waals surface area (Å²) < 4.78 is 1.30. The van der Waals surface area contributed by atoms with Crippen LogP contribution in [0.25, 0.3) is 10.8 Å². The molecule has 1 aromatic heterocycles. The van der Waals surface area contributed by atoms with Crippen molar-refractivity contribution in [2.45, 2.75) is 31.2 Å². The van der Waals surface area contributed by atoms with Crippen LogP contribution < -0.4 is 15.8 Å². The number of carbonyl (C=O) groups excluding carboxylic acids is 1. The van der Waals surface area contributed by atoms with E-state index in [9.17, 15) is 9.59 Å². The number of rotatable bonds is 5. The lowest BCUT2D eigenvalue weighted by Crippen LogP contribution is -2.38. The number of hydrogen-bond donors (Lipinski definition) is 1. The third-order valence-corrected chi connectivity index (χ3v) is 6.18. The monoisotopic (exact) mass is 422 g/mol. The molecule has 1 fully saturated rings. The van der Waals surface area contributed by atoms with Gasteiger partial charge in [0.15, 0.2) is 5.82 Å². The average molecular weight is 423 g/mol. The van der Waals surface area contributed by atoms with Gasteiger partial charge in [-0.2, -0.15) is 5.10 Å². The number of nitrogens with one attached hydrogen (secondary N) is 1. The molecule has 6 nitrogen and oxygen atoms in total. The summed E-state index contributed by atoms with van der Waals surface area (Å²) in [4.78, 5) is 29.0. The number of hydrogen-bond acceptors (Lipinski definition) is 5. The first kappa shape index (κ1) is 20.5. The number of benzene rings is 2. The van der Waals surface area contributed by atoms with Crippen LogP contribution in [-0.2, 0) is 11.3 Å². The minimum atomic E-state index is -0.268. The predicted octanol–water partition coefficient (Wildman–Crippen LogP) is 3.99. The van der Waals surface area contributed by atoms with Crippen LogP contribution in [0, 0.1) is 5.92 Å². The van der Waals surface area contributed by atoms with Crippen molar-refractivity contribution in [3.8, 4) is 0 Å². The SMILES string of the molecule is CSc1cccc(NC(=O)Cn2nc(N3CCC[C@@H](C)C3)c3ccccc3c2=O)c1. The predicted molar refractivity (Wildman–Crippen MR) is 123 cm³/mol. The van der Waals surface area contributed by atoms with E-state index in [1.807, 2.05) is 54.8 Å². The maximum Gasteiger partial charge on any atom is 0.275 e. The van der Waals surface area contributed by atoms with Gasteiger partial charge in [0, 0.05) is 29.1 Å². The minimum absolute atomic E-state index is 0.121. The maximum absolute atomic E-state index is 13.0. The molecular weight excluding hydrogens is 396 g/mol. The van der Waals surface area contributed by atoms with E-state index in [4.69, 9.17) is 0 Å². The Kier molecular flexibility index (Phi) is 6.08. The third-order valence-electron chi connectivity index (χ3n) is 5.45. The normalized spacial score (nSPS) is 16.6. The van der Waals surface area contributed by atoms with Crippen LogP contribution in [0.3, 0.4) is 0 Å². The first-order chi connectivity index (χ1) is 14.5. The molecule has 1 atom stereocenters. The second-order valence-electron chi connectivity index (χ2n) is 7.81. The van der Waals surface area contributed by atoms with E-state index in [1.54, 1.807) is 11.8 Å². The van der Waals surface area contributed by atoms with Crippen LogP contribution in [-0.4, -0.2) is 35.0 Å². The Labute approximate surface area is 180 Å². The van der Waals surface area contributed by atoms with Gasteiger partial charge < -0.3 is 10.2 Å². The van der Waals surface area contributed by atoms with Crippen molar-refractivity contribution >= 4 is 39.9 Å². The number of nitrogens with zero attached hydrogens (tertiary/aromatic N) is 3. The van der Waals surface area contributed by atoms with Crippen molar-refractivity contribution in [3.63, 3.8) is 0 Å². The Balaban J connectivity index is 1.65. The minimum Gasteiger partial charge on any atom is -0.354 e. The Morgan fingerprint density at radius 3 is 2.77 bits per heavy atom. The topological polar surface area (TPSA) is 67.2 Å². The molecule has 4 rings (SSSR count). The van der Waals surface area contributed by atoms with Crippen molar-refractivity contribution < 1.29 is 4.79 Å². The highest BCUT2D eigenvalue weighted by atomic mass is 32.2. The molecule has 0 spiro atoms. The largest absolute Gasteiger partial charge is 0.354 e. The van der Waals surface area contributed by atoms with Crippen molar-refractivity contribution in [2.24, 2.45) is 5.92 Å². The van der Waals surface area contributed by atoms with E-state index in [2.05, 4.69) is 22.2 Å². The van der Waals surface area contributed by atoms with Crippen molar-refractivity contribution in [3.05, 3.63) is 58.9 Å². The smallest absolute Gasteiger partial charge is 0.275 e. The molecule has 0 bridgehead atoms. The van der Waals surface area contributed by atoms with Gasteiger partial charge in [0.25, 0.3) is 5.56 Å². The molecule has 1 saturated heterocycles. The Morgan fingerprint density at radius 1 is 1.20 bits per heavy atom. The molecule has 3 aromatic rings. The number of carbonyl (C=O) groups is 1. The summed E-state index contributed by atoms with van der Waals surface area (Å²) in [5.41, 5.74) is 0.471. The van der Waals surface area contributed by atoms with E-state index >= 15 is 0 Å². The highest BCUT2D eigenvalue weighted by Crippen LogP contribution is 2.27. The first-order valence-electron chi connectivity index (χ1n) is 10.2. The number of anilines is 2. The molecule has 1 N–H and O–H groups in total. The van der Waals surface area contributed by atoms with Gasteiger partial charge in [0.05, 0.1) is 5.39 Å². The highest BCUT2D eigenvalue weighted by molar-refractivity contribution is 7.98. The van der Waals surface area contributed by atoms with E-state index < -0.39 is 0 Å². The lowest BCUT2D eigenvalue weighted by molar-refractivity contribution is -0.117. The standard InChI is InChI=1S/C23H26N4O2S/c1-16-7-6-12-26(14-16)22-19-10-3-4-11-20(19)23(29)27(25-22)15-21(28)24-17-8-5-9-18(13-17)30-2/h3-5,8-11,13,16H,6-7,12,14-15H2,1-2H3,(H,24,28)/t16-/m1/s1. The van der Waals surface area contributed by atoms with Gasteiger partial charge >= 0.3 is 0 Å². The second-order valence-corrected chi connectivity index (χ2v) is 8.69. The summed E-state index contributed by atoms with van der Waals surface area (Å²) >= 11 is 1.61. The molecule has 0 unspecified atom stereocenters. The van der Waals surface area contributed by atoms with E-state index in [1.165, 1.54) is 11.1 Å². The summed E-state index contributed by atoms with van der Waals surface area (Å²) in [5, 5.41) is 8.96. The molecule has 30 heavy (non-hydrogen) atoms. The van der Waals surface area contributed by atoms with Gasteiger partial charge in [-0.1, -0.05) is 31.2 Å². The van der Waals surface area contributed by atoms with Crippen molar-refractivity contribution in [1.82, 2.24) is 9.78 Å². The summed E-state index contributed by atoms with van der Waals surface area (Å²) in [6, 6.07) is 15.2. The number of piperidine rings is 1. The average Bonchev–Trinajstić information content (AvgIpc) is 2.76. The Hall–Kier alpha value is -2.80. The van der Waals surface area contributed by atoms with Gasteiger partial charge in [-0.05, 0) is 49.3 Å². The third kappa shape index (κ3) is 4.36. The zero-order valence-corrected chi connectivity index (χ0v) is 18.1. The molecule has 0 saturated carbocycles. The fourth-order valence-electron chi connectivity index (χ4n) is 3.98. The molecule has 1 aliphatic rings. The van der Waals surface area contributed by atoms with Gasteiger partial charge in [0.2, 0.25) is 5.91 Å². The van der Waals surface area contributed by atoms with Crippen LogP contribution in [0.1, 0.15) is 19.8 Å². The summed E-state index contributed by atoms with van der Waals surface area (Å²) in [6.45, 7) is 3.93. The van der Waals surface area contributed by atoms with Gasteiger partial charge in [-0.25, -0.2) is 4.68 Å². The fourth-order valence-corrected chi connectivity index (χ4v) is 4.44. The Morgan fingerprint density at radius 2 is 2.00 bits per heavy atom. The van der Waals surface area contributed by atoms with Crippen LogP contribution in [0.15, 0.2) is 58.2 Å². The Bertz CT molecular complexity index is 1130. The van der Waals surface area contributed by atoms with Crippen LogP contribution in [0.5, 0.6) is 0 Å². The van der Waals surface area contributed by atoms with E-state index in [0.717, 1.165) is 35.6 Å². The summed E-state index contributed by atoms with van der Waals surface area (Å²) in [6.07, 6.45) is 4.29. The zero-order chi connectivity index (χ0) is 21.1. The van der Waals surface area contributed by atoms with Gasteiger partial charge in [0.1, 0.15) is 6.54 Å². The molecule has 2 aromatic carbocycles. The molecular formula is C23H26N4O2S. The lowest BCUT2D eigenvalue weighted by Gasteiger charge is -2.32. The highest BCUT2D eigenvalue weighted by Gasteiger charge is 2.22. The van der Waals surface area contributed by atoms with Gasteiger partial charge in [-0.3, -0.25) is 9.59 Å². The quantitative estimate of drug-likeness (QED) is 0.630. The molecule has 1 amide bonds.